The fourth-order valence-corrected chi connectivity index (χ4v) is 2.78. The summed E-state index contributed by atoms with van der Waals surface area (Å²) in [5, 5.41) is 2.78. The molecule has 0 radical (unpaired) electrons. The van der Waals surface area contributed by atoms with Gasteiger partial charge < -0.3 is 20.0 Å². The van der Waals surface area contributed by atoms with Gasteiger partial charge in [0, 0.05) is 11.3 Å². The van der Waals surface area contributed by atoms with Crippen LogP contribution in [0.15, 0.2) is 47.3 Å². The first-order valence-electron chi connectivity index (χ1n) is 7.68. The van der Waals surface area contributed by atoms with Gasteiger partial charge in [0.05, 0.1) is 23.3 Å². The molecule has 2 aromatic carbocycles. The molecule has 0 atom stereocenters. The van der Waals surface area contributed by atoms with Gasteiger partial charge in [-0.3, -0.25) is 9.69 Å². The lowest BCUT2D eigenvalue weighted by molar-refractivity contribution is 0.102. The lowest BCUT2D eigenvalue weighted by Gasteiger charge is -2.13. The van der Waals surface area contributed by atoms with Gasteiger partial charge in [0.1, 0.15) is 6.61 Å². The van der Waals surface area contributed by atoms with Crippen molar-refractivity contribution in [2.45, 2.75) is 0 Å². The van der Waals surface area contributed by atoms with Gasteiger partial charge in [0.2, 0.25) is 0 Å². The maximum absolute atomic E-state index is 12.4. The van der Waals surface area contributed by atoms with E-state index in [1.165, 1.54) is 4.90 Å². The van der Waals surface area contributed by atoms with Gasteiger partial charge in [-0.25, -0.2) is 9.59 Å². The predicted molar refractivity (Wildman–Crippen MR) is 92.0 cm³/mol. The van der Waals surface area contributed by atoms with Gasteiger partial charge in [0.15, 0.2) is 0 Å². The van der Waals surface area contributed by atoms with E-state index in [1.54, 1.807) is 42.5 Å². The van der Waals surface area contributed by atoms with Crippen LogP contribution in [-0.2, 0) is 4.74 Å². The minimum Gasteiger partial charge on any atom is -0.447 e. The van der Waals surface area contributed by atoms with Gasteiger partial charge in [-0.1, -0.05) is 6.07 Å². The summed E-state index contributed by atoms with van der Waals surface area (Å²) in [5.74, 6) is -0.315. The van der Waals surface area contributed by atoms with Gasteiger partial charge in [0.25, 0.3) is 5.91 Å². The number of carbonyl (C=O) groups excluding carboxylic acids is 2. The van der Waals surface area contributed by atoms with Crippen molar-refractivity contribution < 1.29 is 14.3 Å². The second kappa shape index (κ2) is 5.82. The van der Waals surface area contributed by atoms with E-state index in [4.69, 9.17) is 4.74 Å². The first-order valence-corrected chi connectivity index (χ1v) is 7.68. The highest BCUT2D eigenvalue weighted by atomic mass is 16.6. The van der Waals surface area contributed by atoms with Gasteiger partial charge in [-0.2, -0.15) is 0 Å². The number of nitrogens with zero attached hydrogens (tertiary/aromatic N) is 1. The molecule has 1 saturated heterocycles. The molecule has 2 heterocycles. The number of hydrogen-bond donors (Lipinski definition) is 3. The highest BCUT2D eigenvalue weighted by Gasteiger charge is 2.23. The van der Waals surface area contributed by atoms with Crippen LogP contribution in [-0.4, -0.2) is 35.1 Å². The summed E-state index contributed by atoms with van der Waals surface area (Å²) in [5.41, 5.74) is 2.44. The number of rotatable bonds is 3. The Labute approximate surface area is 141 Å². The molecule has 1 fully saturated rings. The maximum atomic E-state index is 12.4. The van der Waals surface area contributed by atoms with Crippen LogP contribution in [0.4, 0.5) is 16.2 Å². The second-order valence-corrected chi connectivity index (χ2v) is 5.57. The van der Waals surface area contributed by atoms with E-state index >= 15 is 0 Å². The molecule has 0 aliphatic carbocycles. The molecule has 25 heavy (non-hydrogen) atoms. The number of imidazole rings is 1. The minimum atomic E-state index is -0.389. The third-order valence-electron chi connectivity index (χ3n) is 4.00. The van der Waals surface area contributed by atoms with E-state index in [-0.39, 0.29) is 17.7 Å². The summed E-state index contributed by atoms with van der Waals surface area (Å²) in [7, 11) is 0. The molecule has 1 aliphatic heterocycles. The van der Waals surface area contributed by atoms with Crippen molar-refractivity contribution in [2.75, 3.05) is 23.4 Å². The van der Waals surface area contributed by atoms with Crippen molar-refractivity contribution in [3.05, 3.63) is 58.5 Å². The van der Waals surface area contributed by atoms with Crippen molar-refractivity contribution in [1.29, 1.82) is 0 Å². The molecule has 1 aliphatic rings. The van der Waals surface area contributed by atoms with E-state index in [1.807, 2.05) is 0 Å². The number of cyclic esters (lactones) is 1. The van der Waals surface area contributed by atoms with Crippen molar-refractivity contribution >= 4 is 34.4 Å². The van der Waals surface area contributed by atoms with E-state index in [2.05, 4.69) is 15.3 Å². The first kappa shape index (κ1) is 15.0. The Kier molecular flexibility index (Phi) is 3.50. The molecule has 0 bridgehead atoms. The zero-order chi connectivity index (χ0) is 17.4. The Bertz CT molecular complexity index is 1020. The largest absolute Gasteiger partial charge is 0.447 e. The van der Waals surface area contributed by atoms with Crippen molar-refractivity contribution in [1.82, 2.24) is 9.97 Å². The standard InChI is InChI=1S/C17H14N4O4/c22-15(18-12-2-1-3-13-14(12)20-16(23)19-13)10-4-6-11(7-5-10)21-8-9-25-17(21)24/h1-7H,8-9H2,(H,18,22)(H2,19,20,23). The number of aromatic amines is 2. The molecule has 0 spiro atoms. The monoisotopic (exact) mass is 338 g/mol. The number of H-pyrrole nitrogens is 2. The number of para-hydroxylation sites is 1. The SMILES string of the molecule is O=C(Nc1cccc2[nH]c(=O)[nH]c12)c1ccc(N2CCOC2=O)cc1. The number of nitrogens with one attached hydrogen (secondary N) is 3. The lowest BCUT2D eigenvalue weighted by Crippen LogP contribution is -2.23. The van der Waals surface area contributed by atoms with Crippen LogP contribution in [0.25, 0.3) is 11.0 Å². The van der Waals surface area contributed by atoms with Crippen LogP contribution in [0.1, 0.15) is 10.4 Å². The van der Waals surface area contributed by atoms with Gasteiger partial charge in [-0.05, 0) is 36.4 Å². The summed E-state index contributed by atoms with van der Waals surface area (Å²) in [4.78, 5) is 42.2. The Hall–Kier alpha value is -3.55. The lowest BCUT2D eigenvalue weighted by atomic mass is 10.1. The molecule has 126 valence electrons. The molecule has 0 saturated carbocycles. The van der Waals surface area contributed by atoms with Gasteiger partial charge >= 0.3 is 11.8 Å². The van der Waals surface area contributed by atoms with E-state index in [0.29, 0.717) is 41.1 Å². The number of anilines is 2. The normalized spacial score (nSPS) is 13.9. The van der Waals surface area contributed by atoms with Crippen LogP contribution in [0.2, 0.25) is 0 Å². The van der Waals surface area contributed by atoms with Crippen molar-refractivity contribution in [3.8, 4) is 0 Å². The highest BCUT2D eigenvalue weighted by molar-refractivity contribution is 6.08. The zero-order valence-electron chi connectivity index (χ0n) is 13.0. The van der Waals surface area contributed by atoms with E-state index < -0.39 is 0 Å². The third-order valence-corrected chi connectivity index (χ3v) is 4.00. The van der Waals surface area contributed by atoms with E-state index in [0.717, 1.165) is 0 Å². The molecule has 8 heteroatoms. The number of aromatic nitrogens is 2. The smallest absolute Gasteiger partial charge is 0.414 e. The van der Waals surface area contributed by atoms with Crippen LogP contribution in [0, 0.1) is 0 Å². The summed E-state index contributed by atoms with van der Waals surface area (Å²) in [6, 6.07) is 11.8. The zero-order valence-corrected chi connectivity index (χ0v) is 13.0. The molecule has 8 nitrogen and oxygen atoms in total. The van der Waals surface area contributed by atoms with Crippen molar-refractivity contribution in [2.24, 2.45) is 0 Å². The fourth-order valence-electron chi connectivity index (χ4n) is 2.78. The number of ether oxygens (including phenoxy) is 1. The number of hydrogen-bond acceptors (Lipinski definition) is 4. The average Bonchev–Trinajstić information content (AvgIpc) is 3.20. The minimum absolute atomic E-state index is 0.315. The van der Waals surface area contributed by atoms with Crippen LogP contribution in [0.3, 0.4) is 0 Å². The van der Waals surface area contributed by atoms with Gasteiger partial charge in [-0.15, -0.1) is 0 Å². The summed E-state index contributed by atoms with van der Waals surface area (Å²) < 4.78 is 4.90. The number of amides is 2. The summed E-state index contributed by atoms with van der Waals surface area (Å²) >= 11 is 0. The Morgan fingerprint density at radius 3 is 2.60 bits per heavy atom. The summed E-state index contributed by atoms with van der Waals surface area (Å²) in [6.45, 7) is 0.854. The molecule has 0 unspecified atom stereocenters. The van der Waals surface area contributed by atoms with Crippen LogP contribution >= 0.6 is 0 Å². The van der Waals surface area contributed by atoms with Crippen LogP contribution < -0.4 is 15.9 Å². The molecule has 3 N–H and O–H groups in total. The summed E-state index contributed by atoms with van der Waals surface area (Å²) in [6.07, 6.45) is -0.389. The molecule has 2 amide bonds. The molecule has 3 aromatic rings. The molecule has 4 rings (SSSR count). The fraction of sp³-hybridized carbons (Fsp3) is 0.118. The number of benzene rings is 2. The predicted octanol–water partition coefficient (Wildman–Crippen LogP) is 2.07. The average molecular weight is 338 g/mol. The maximum Gasteiger partial charge on any atom is 0.414 e. The Morgan fingerprint density at radius 1 is 1.08 bits per heavy atom. The molecular weight excluding hydrogens is 324 g/mol. The van der Waals surface area contributed by atoms with Crippen molar-refractivity contribution in [3.63, 3.8) is 0 Å². The number of carbonyl (C=O) groups is 2. The quantitative estimate of drug-likeness (QED) is 0.679. The molecular formula is C17H14N4O4. The Balaban J connectivity index is 1.56. The Morgan fingerprint density at radius 2 is 1.88 bits per heavy atom. The van der Waals surface area contributed by atoms with E-state index in [9.17, 15) is 14.4 Å². The topological polar surface area (TPSA) is 107 Å². The third kappa shape index (κ3) is 2.74. The second-order valence-electron chi connectivity index (χ2n) is 5.57. The number of fused-ring (bicyclic) bond motifs is 1. The highest BCUT2D eigenvalue weighted by Crippen LogP contribution is 2.21. The molecule has 1 aromatic heterocycles. The first-order chi connectivity index (χ1) is 12.1. The van der Waals surface area contributed by atoms with Crippen LogP contribution in [0.5, 0.6) is 0 Å².